The molecule has 2 heterocycles. The molecule has 0 radical (unpaired) electrons. The van der Waals surface area contributed by atoms with Crippen molar-refractivity contribution in [3.05, 3.63) is 22.5 Å². The zero-order valence-electron chi connectivity index (χ0n) is 6.56. The Bertz CT molecular complexity index is 433. The third-order valence-corrected chi connectivity index (χ3v) is 1.31. The Morgan fingerprint density at radius 3 is 3.07 bits per heavy atom. The summed E-state index contributed by atoms with van der Waals surface area (Å²) in [5, 5.41) is 23.1. The molecule has 72 valence electrons. The van der Waals surface area contributed by atoms with Gasteiger partial charge in [0.15, 0.2) is 5.03 Å². The van der Waals surface area contributed by atoms with E-state index in [4.69, 9.17) is 0 Å². The Kier molecular flexibility index (Phi) is 1.78. The zero-order valence-corrected chi connectivity index (χ0v) is 6.56. The summed E-state index contributed by atoms with van der Waals surface area (Å²) in [6.45, 7) is 0. The van der Waals surface area contributed by atoms with Gasteiger partial charge in [0.2, 0.25) is 5.82 Å². The minimum Gasteiger partial charge on any atom is -0.240 e. The summed E-state index contributed by atoms with van der Waals surface area (Å²) in [7, 11) is 0. The van der Waals surface area contributed by atoms with Gasteiger partial charge in [0, 0.05) is 0 Å². The molecule has 14 heavy (non-hydrogen) atoms. The van der Waals surface area contributed by atoms with Crippen LogP contribution in [-0.4, -0.2) is 30.3 Å². The summed E-state index contributed by atoms with van der Waals surface area (Å²) in [6.07, 6.45) is 2.84. The second-order valence-electron chi connectivity index (χ2n) is 2.15. The second kappa shape index (κ2) is 3.08. The highest BCUT2D eigenvalue weighted by Crippen LogP contribution is 2.12. The first-order chi connectivity index (χ1) is 6.77. The predicted octanol–water partition coefficient (Wildman–Crippen LogP) is -0.746. The molecule has 0 unspecified atom stereocenters. The van der Waals surface area contributed by atoms with E-state index in [1.54, 1.807) is 0 Å². The van der Waals surface area contributed by atoms with Crippen LogP contribution in [0.2, 0.25) is 0 Å². The molecule has 0 aliphatic rings. The molecule has 0 aliphatic heterocycles. The smallest absolute Gasteiger partial charge is 0.240 e. The number of nitro groups is 1. The average molecular weight is 197 g/mol. The SMILES string of the molecule is O=[N+]([O-])Nc1nonc1-n1ccnn1. The van der Waals surface area contributed by atoms with Crippen molar-refractivity contribution in [1.29, 1.82) is 0 Å². The van der Waals surface area contributed by atoms with Crippen LogP contribution in [-0.2, 0) is 0 Å². The maximum Gasteiger partial charge on any atom is 0.279 e. The Morgan fingerprint density at radius 2 is 2.43 bits per heavy atom. The highest BCUT2D eigenvalue weighted by Gasteiger charge is 2.16. The number of hydrazine groups is 1. The molecule has 2 aromatic rings. The zero-order chi connectivity index (χ0) is 9.97. The number of nitrogens with one attached hydrogen (secondary N) is 1. The molecule has 1 N–H and O–H groups in total. The average Bonchev–Trinajstić information content (AvgIpc) is 2.70. The Morgan fingerprint density at radius 1 is 1.57 bits per heavy atom. The van der Waals surface area contributed by atoms with E-state index in [0.717, 1.165) is 0 Å². The molecular weight excluding hydrogens is 194 g/mol. The molecule has 0 spiro atoms. The molecule has 0 saturated heterocycles. The maximum atomic E-state index is 10.1. The van der Waals surface area contributed by atoms with Crippen LogP contribution in [0.1, 0.15) is 0 Å². The number of hydrogen-bond acceptors (Lipinski definition) is 7. The fourth-order valence-corrected chi connectivity index (χ4v) is 0.812. The number of rotatable bonds is 3. The minimum atomic E-state index is -0.778. The van der Waals surface area contributed by atoms with Gasteiger partial charge >= 0.3 is 0 Å². The van der Waals surface area contributed by atoms with Crippen LogP contribution in [0, 0.1) is 10.1 Å². The topological polar surface area (TPSA) is 125 Å². The van der Waals surface area contributed by atoms with Gasteiger partial charge in [0.1, 0.15) is 0 Å². The molecule has 0 amide bonds. The predicted molar refractivity (Wildman–Crippen MR) is 39.8 cm³/mol. The van der Waals surface area contributed by atoms with Crippen LogP contribution in [0.4, 0.5) is 5.82 Å². The summed E-state index contributed by atoms with van der Waals surface area (Å²) >= 11 is 0. The summed E-state index contributed by atoms with van der Waals surface area (Å²) < 4.78 is 5.50. The Balaban J connectivity index is 2.35. The van der Waals surface area contributed by atoms with Crippen molar-refractivity contribution >= 4 is 5.82 Å². The largest absolute Gasteiger partial charge is 0.279 e. The first kappa shape index (κ1) is 8.10. The fraction of sp³-hybridized carbons (Fsp3) is 0. The molecule has 0 bridgehead atoms. The molecule has 0 atom stereocenters. The van der Waals surface area contributed by atoms with E-state index >= 15 is 0 Å². The Hall–Kier alpha value is -2.52. The molecule has 10 nitrogen and oxygen atoms in total. The summed E-state index contributed by atoms with van der Waals surface area (Å²) in [5.74, 6) is -0.0697. The fourth-order valence-electron chi connectivity index (χ4n) is 0.812. The molecule has 2 rings (SSSR count). The van der Waals surface area contributed by atoms with Gasteiger partial charge in [-0.1, -0.05) is 10.6 Å². The molecule has 10 heteroatoms. The van der Waals surface area contributed by atoms with E-state index in [1.807, 2.05) is 5.43 Å². The van der Waals surface area contributed by atoms with Gasteiger partial charge < -0.3 is 0 Å². The number of nitrogens with zero attached hydrogens (tertiary/aromatic N) is 6. The lowest BCUT2D eigenvalue weighted by atomic mass is 10.6. The first-order valence-electron chi connectivity index (χ1n) is 3.37. The lowest BCUT2D eigenvalue weighted by molar-refractivity contribution is -0.445. The molecule has 2 aromatic heterocycles. The maximum absolute atomic E-state index is 10.1. The van der Waals surface area contributed by atoms with Crippen molar-refractivity contribution in [3.8, 4) is 5.82 Å². The highest BCUT2D eigenvalue weighted by atomic mass is 16.7. The van der Waals surface area contributed by atoms with Gasteiger partial charge in [-0.2, -0.15) is 4.68 Å². The standard InChI is InChI=1S/C4H3N7O3/c12-11(13)6-3-4(8-14-7-3)10-2-1-5-9-10/h1-2H,(H,6,7). The van der Waals surface area contributed by atoms with Crippen molar-refractivity contribution < 1.29 is 9.66 Å². The van der Waals surface area contributed by atoms with Crippen molar-refractivity contribution in [2.45, 2.75) is 0 Å². The number of aromatic nitrogens is 5. The van der Waals surface area contributed by atoms with Gasteiger partial charge in [0.25, 0.3) is 5.82 Å². The lowest BCUT2D eigenvalue weighted by Crippen LogP contribution is -2.11. The molecular formula is C4H3N7O3. The molecule has 0 fully saturated rings. The highest BCUT2D eigenvalue weighted by molar-refractivity contribution is 5.45. The van der Waals surface area contributed by atoms with Crippen molar-refractivity contribution in [1.82, 2.24) is 25.3 Å². The summed E-state index contributed by atoms with van der Waals surface area (Å²) in [5.41, 5.74) is 1.81. The van der Waals surface area contributed by atoms with E-state index in [0.29, 0.717) is 0 Å². The van der Waals surface area contributed by atoms with Crippen molar-refractivity contribution in [2.24, 2.45) is 0 Å². The van der Waals surface area contributed by atoms with Crippen molar-refractivity contribution in [2.75, 3.05) is 5.43 Å². The third kappa shape index (κ3) is 1.35. The summed E-state index contributed by atoms with van der Waals surface area (Å²) in [6, 6.07) is 0. The summed E-state index contributed by atoms with van der Waals surface area (Å²) in [4.78, 5) is 10.1. The normalized spacial score (nSPS) is 10.0. The van der Waals surface area contributed by atoms with E-state index < -0.39 is 5.03 Å². The van der Waals surface area contributed by atoms with E-state index in [1.165, 1.54) is 17.1 Å². The molecule has 0 saturated carbocycles. The van der Waals surface area contributed by atoms with Crippen LogP contribution in [0.5, 0.6) is 0 Å². The van der Waals surface area contributed by atoms with Crippen LogP contribution in [0.3, 0.4) is 0 Å². The van der Waals surface area contributed by atoms with E-state index in [2.05, 4.69) is 25.3 Å². The van der Waals surface area contributed by atoms with Crippen LogP contribution >= 0.6 is 0 Å². The van der Waals surface area contributed by atoms with Gasteiger partial charge in [-0.3, -0.25) is 0 Å². The second-order valence-corrected chi connectivity index (χ2v) is 2.15. The third-order valence-electron chi connectivity index (χ3n) is 1.31. The van der Waals surface area contributed by atoms with Crippen LogP contribution in [0.15, 0.2) is 17.0 Å². The number of hydrogen-bond donors (Lipinski definition) is 1. The molecule has 0 aromatic carbocycles. The quantitative estimate of drug-likeness (QED) is 0.503. The van der Waals surface area contributed by atoms with Crippen LogP contribution < -0.4 is 5.43 Å². The van der Waals surface area contributed by atoms with E-state index in [-0.39, 0.29) is 11.6 Å². The minimum absolute atomic E-state index is 0.0687. The van der Waals surface area contributed by atoms with Gasteiger partial charge in [-0.15, -0.1) is 5.10 Å². The first-order valence-corrected chi connectivity index (χ1v) is 3.37. The Labute approximate surface area is 75.6 Å². The van der Waals surface area contributed by atoms with Gasteiger partial charge in [0.05, 0.1) is 12.4 Å². The van der Waals surface area contributed by atoms with Gasteiger partial charge in [-0.05, 0) is 10.3 Å². The molecule has 0 aliphatic carbocycles. The van der Waals surface area contributed by atoms with Gasteiger partial charge in [-0.25, -0.2) is 14.7 Å². The van der Waals surface area contributed by atoms with Crippen molar-refractivity contribution in [3.63, 3.8) is 0 Å². The monoisotopic (exact) mass is 197 g/mol. The lowest BCUT2D eigenvalue weighted by Gasteiger charge is -1.93. The number of anilines is 1. The van der Waals surface area contributed by atoms with E-state index in [9.17, 15) is 10.1 Å². The van der Waals surface area contributed by atoms with Crippen LogP contribution in [0.25, 0.3) is 5.82 Å².